The van der Waals surface area contributed by atoms with Gasteiger partial charge in [-0.2, -0.15) is 0 Å². The molecule has 0 radical (unpaired) electrons. The summed E-state index contributed by atoms with van der Waals surface area (Å²) in [5, 5.41) is 0. The molecule has 0 saturated heterocycles. The van der Waals surface area contributed by atoms with Crippen molar-refractivity contribution in [3.63, 3.8) is 0 Å². The number of rotatable bonds is 0. The van der Waals surface area contributed by atoms with Crippen LogP contribution in [-0.4, -0.2) is 23.1 Å². The maximum absolute atomic E-state index is 0. The second-order valence-electron chi connectivity index (χ2n) is 0. The van der Waals surface area contributed by atoms with Crippen molar-refractivity contribution in [1.29, 1.82) is 0 Å². The van der Waals surface area contributed by atoms with E-state index in [-0.39, 0.29) is 85.1 Å². The average Bonchev–Trinajstić information content (AvgIpc) is 0. The molecule has 6 heteroatoms. The van der Waals surface area contributed by atoms with Crippen molar-refractivity contribution in [3.8, 4) is 0 Å². The molecule has 0 aliphatic rings. The molecule has 0 amide bonds. The van der Waals surface area contributed by atoms with Gasteiger partial charge in [-0.3, -0.25) is 0 Å². The van der Waals surface area contributed by atoms with Crippen molar-refractivity contribution in [2.75, 3.05) is 0 Å². The Balaban J connectivity index is 0. The molecule has 0 aromatic heterocycles. The Bertz CT molecular complexity index is 3.90. The fraction of sp³-hybridized carbons (Fsp3) is 0. The fourth-order valence-corrected chi connectivity index (χ4v) is 0. The Morgan fingerprint density at radius 1 is 0.500 bits per heavy atom. The summed E-state index contributed by atoms with van der Waals surface area (Å²) in [7, 11) is 0. The van der Waals surface area contributed by atoms with Gasteiger partial charge in [0.15, 0.2) is 0 Å². The van der Waals surface area contributed by atoms with E-state index in [1.54, 1.807) is 0 Å². The molecule has 0 aromatic rings. The van der Waals surface area contributed by atoms with Gasteiger partial charge in [-0.05, 0) is 0 Å². The molecule has 0 nitrogen and oxygen atoms in total. The summed E-state index contributed by atoms with van der Waals surface area (Å²) in [4.78, 5) is 0. The molecule has 0 heterocycles. The zero-order valence-electron chi connectivity index (χ0n) is 2.69. The van der Waals surface area contributed by atoms with E-state index in [1.807, 2.05) is 0 Å². The van der Waals surface area contributed by atoms with Gasteiger partial charge < -0.3 is 24.8 Å². The summed E-state index contributed by atoms with van der Waals surface area (Å²) in [5.74, 6) is 0. The van der Waals surface area contributed by atoms with Crippen LogP contribution in [0.25, 0.3) is 0 Å². The van der Waals surface area contributed by atoms with Crippen LogP contribution in [0.15, 0.2) is 0 Å². The molecule has 0 aliphatic heterocycles. The summed E-state index contributed by atoms with van der Waals surface area (Å²) < 4.78 is 0. The van der Waals surface area contributed by atoms with Crippen molar-refractivity contribution < 1.29 is 24.8 Å². The number of hydrogen-bond donors (Lipinski definition) is 0. The molecule has 0 aliphatic carbocycles. The van der Waals surface area contributed by atoms with E-state index in [1.165, 1.54) is 0 Å². The molecule has 6 heavy (non-hydrogen) atoms. The van der Waals surface area contributed by atoms with Crippen LogP contribution in [0.2, 0.25) is 0 Å². The van der Waals surface area contributed by atoms with E-state index in [4.69, 9.17) is 0 Å². The van der Waals surface area contributed by atoms with Gasteiger partial charge in [-0.15, -0.1) is 37.2 Å². The summed E-state index contributed by atoms with van der Waals surface area (Å²) in [6.45, 7) is 0. The van der Waals surface area contributed by atoms with Crippen LogP contribution in [0.3, 0.4) is 0 Å². The molecule has 0 fully saturated rings. The van der Waals surface area contributed by atoms with Gasteiger partial charge in [0.1, 0.15) is 0 Å². The fourth-order valence-electron chi connectivity index (χ4n) is 0. The SMILES string of the molecule is Cl.Cl.Cl.[Cl-].[Cl-].[Mg+2]. The minimum Gasteiger partial charge on any atom is -1.00 e. The molecule has 0 atom stereocenters. The second-order valence-corrected chi connectivity index (χ2v) is 0. The predicted octanol–water partition coefficient (Wildman–Crippen LogP) is -5.11. The van der Waals surface area contributed by atoms with Crippen LogP contribution < -0.4 is 24.8 Å². The van der Waals surface area contributed by atoms with Crippen LogP contribution in [0.1, 0.15) is 0 Å². The monoisotopic (exact) mass is 202 g/mol. The molecule has 0 saturated carbocycles. The van der Waals surface area contributed by atoms with Gasteiger partial charge >= 0.3 is 23.1 Å². The quantitative estimate of drug-likeness (QED) is 0.347. The van der Waals surface area contributed by atoms with Crippen LogP contribution in [0.4, 0.5) is 0 Å². The van der Waals surface area contributed by atoms with E-state index in [0.29, 0.717) is 0 Å². The topological polar surface area (TPSA) is 0 Å². The number of halogens is 5. The smallest absolute Gasteiger partial charge is 1.00 e. The zero-order valence-corrected chi connectivity index (χ0v) is 8.06. The standard InChI is InChI=1S/5ClH.Mg/h5*1H;/q;;;;;+2/p-2. The minimum atomic E-state index is 0. The van der Waals surface area contributed by atoms with Gasteiger partial charge in [-0.1, -0.05) is 0 Å². The first-order chi connectivity index (χ1) is 0. The van der Waals surface area contributed by atoms with Crippen LogP contribution in [0, 0.1) is 0 Å². The van der Waals surface area contributed by atoms with Gasteiger partial charge in [0.25, 0.3) is 0 Å². The predicted molar refractivity (Wildman–Crippen MR) is 27.5 cm³/mol. The van der Waals surface area contributed by atoms with E-state index < -0.39 is 0 Å². The van der Waals surface area contributed by atoms with E-state index >= 15 is 0 Å². The molecule has 0 N–H and O–H groups in total. The van der Waals surface area contributed by atoms with E-state index in [0.717, 1.165) is 0 Å². The summed E-state index contributed by atoms with van der Waals surface area (Å²) in [6, 6.07) is 0. The average molecular weight is 205 g/mol. The Labute approximate surface area is 84.4 Å². The summed E-state index contributed by atoms with van der Waals surface area (Å²) >= 11 is 0. The van der Waals surface area contributed by atoms with Crippen molar-refractivity contribution in [1.82, 2.24) is 0 Å². The third kappa shape index (κ3) is 34.4. The van der Waals surface area contributed by atoms with E-state index in [9.17, 15) is 0 Å². The summed E-state index contributed by atoms with van der Waals surface area (Å²) in [5.41, 5.74) is 0. The first-order valence-corrected chi connectivity index (χ1v) is 0. The van der Waals surface area contributed by atoms with Gasteiger partial charge in [-0.25, -0.2) is 0 Å². The Morgan fingerprint density at radius 2 is 0.500 bits per heavy atom. The molecular formula is H3Cl5Mg. The van der Waals surface area contributed by atoms with Gasteiger partial charge in [0.05, 0.1) is 0 Å². The number of hydrogen-bond acceptors (Lipinski definition) is 0. The third-order valence-electron chi connectivity index (χ3n) is 0. The van der Waals surface area contributed by atoms with Crippen molar-refractivity contribution >= 4 is 60.3 Å². The first kappa shape index (κ1) is 87.1. The zero-order chi connectivity index (χ0) is 0. The van der Waals surface area contributed by atoms with Crippen molar-refractivity contribution in [2.24, 2.45) is 0 Å². The Kier molecular flexibility index (Phi) is 824. The first-order valence-electron chi connectivity index (χ1n) is 0. The van der Waals surface area contributed by atoms with Crippen molar-refractivity contribution in [3.05, 3.63) is 0 Å². The Hall–Kier alpha value is 2.22. The van der Waals surface area contributed by atoms with Crippen molar-refractivity contribution in [2.45, 2.75) is 0 Å². The summed E-state index contributed by atoms with van der Waals surface area (Å²) in [6.07, 6.45) is 0. The van der Waals surface area contributed by atoms with E-state index in [2.05, 4.69) is 0 Å². The van der Waals surface area contributed by atoms with Crippen LogP contribution in [-0.2, 0) is 0 Å². The molecular weight excluding hydrogens is 202 g/mol. The molecule has 0 rings (SSSR count). The molecule has 0 unspecified atom stereocenters. The second kappa shape index (κ2) is 56.8. The normalized spacial score (nSPS) is 0. The molecule has 40 valence electrons. The molecule has 0 spiro atoms. The third-order valence-corrected chi connectivity index (χ3v) is 0. The maximum atomic E-state index is 0. The largest absolute Gasteiger partial charge is 2.00 e. The van der Waals surface area contributed by atoms with Gasteiger partial charge in [0.2, 0.25) is 0 Å². The molecule has 0 bridgehead atoms. The van der Waals surface area contributed by atoms with Crippen LogP contribution in [0.5, 0.6) is 0 Å². The van der Waals surface area contributed by atoms with Gasteiger partial charge in [0, 0.05) is 0 Å². The minimum absolute atomic E-state index is 0. The Morgan fingerprint density at radius 3 is 0.500 bits per heavy atom. The molecule has 0 aromatic carbocycles. The maximum Gasteiger partial charge on any atom is 2.00 e. The van der Waals surface area contributed by atoms with Crippen LogP contribution >= 0.6 is 37.2 Å².